The number of hydrogen-bond donors (Lipinski definition) is 1. The summed E-state index contributed by atoms with van der Waals surface area (Å²) in [5, 5.41) is 9.30. The van der Waals surface area contributed by atoms with E-state index < -0.39 is 11.6 Å². The van der Waals surface area contributed by atoms with Gasteiger partial charge in [-0.25, -0.2) is 4.79 Å². The second-order valence-corrected chi connectivity index (χ2v) is 4.66. The van der Waals surface area contributed by atoms with E-state index >= 15 is 0 Å². The summed E-state index contributed by atoms with van der Waals surface area (Å²) in [5.74, 6) is -0.172. The number of rotatable bonds is 6. The Kier molecular flexibility index (Phi) is 4.65. The monoisotopic (exact) mass is 290 g/mol. The molecule has 1 N–H and O–H groups in total. The number of carboxylic acids is 1. The fourth-order valence-corrected chi connectivity index (χ4v) is 2.09. The zero-order valence-corrected chi connectivity index (χ0v) is 12.0. The molecule has 0 saturated carbocycles. The van der Waals surface area contributed by atoms with Gasteiger partial charge in [-0.1, -0.05) is 30.3 Å². The largest absolute Gasteiger partial charge is 0.493 e. The van der Waals surface area contributed by atoms with Crippen LogP contribution in [0.1, 0.15) is 12.0 Å². The van der Waals surface area contributed by atoms with E-state index in [1.54, 1.807) is 6.08 Å². The SMILES string of the molecule is COC1=CC(OC)(C(=O)O)CC=C1OCc1ccccc1. The molecule has 0 radical (unpaired) electrons. The summed E-state index contributed by atoms with van der Waals surface area (Å²) in [5.41, 5.74) is -0.374. The highest BCUT2D eigenvalue weighted by molar-refractivity contribution is 5.81. The highest BCUT2D eigenvalue weighted by atomic mass is 16.5. The van der Waals surface area contributed by atoms with Gasteiger partial charge in [-0.3, -0.25) is 0 Å². The van der Waals surface area contributed by atoms with Gasteiger partial charge in [-0.2, -0.15) is 0 Å². The fraction of sp³-hybridized carbons (Fsp3) is 0.312. The molecule has 21 heavy (non-hydrogen) atoms. The molecule has 1 atom stereocenters. The maximum absolute atomic E-state index is 11.4. The lowest BCUT2D eigenvalue weighted by Crippen LogP contribution is -2.40. The van der Waals surface area contributed by atoms with Crippen molar-refractivity contribution in [2.45, 2.75) is 18.6 Å². The summed E-state index contributed by atoms with van der Waals surface area (Å²) in [6.07, 6.45) is 3.31. The van der Waals surface area contributed by atoms with Crippen LogP contribution in [0.15, 0.2) is 54.0 Å². The standard InChI is InChI=1S/C16H18O5/c1-19-14-10-16(20-2,15(17)18)9-8-13(14)21-11-12-6-4-3-5-7-12/h3-8,10H,9,11H2,1-2H3,(H,17,18). The van der Waals surface area contributed by atoms with Crippen LogP contribution in [0.3, 0.4) is 0 Å². The van der Waals surface area contributed by atoms with Crippen LogP contribution in [0.2, 0.25) is 0 Å². The Morgan fingerprint density at radius 2 is 1.95 bits per heavy atom. The fourth-order valence-electron chi connectivity index (χ4n) is 2.09. The number of carboxylic acid groups (broad SMARTS) is 1. The molecule has 112 valence electrons. The van der Waals surface area contributed by atoms with Gasteiger partial charge < -0.3 is 19.3 Å². The Morgan fingerprint density at radius 1 is 1.24 bits per heavy atom. The van der Waals surface area contributed by atoms with Gasteiger partial charge in [0, 0.05) is 19.6 Å². The van der Waals surface area contributed by atoms with Crippen molar-refractivity contribution in [3.8, 4) is 0 Å². The molecule has 5 nitrogen and oxygen atoms in total. The summed E-state index contributed by atoms with van der Waals surface area (Å²) in [6, 6.07) is 9.71. The molecular formula is C16H18O5. The quantitative estimate of drug-likeness (QED) is 0.872. The van der Waals surface area contributed by atoms with E-state index in [4.69, 9.17) is 14.2 Å². The lowest BCUT2D eigenvalue weighted by Gasteiger charge is -2.28. The Bertz CT molecular complexity index is 561. The molecule has 0 heterocycles. The second kappa shape index (κ2) is 6.45. The Balaban J connectivity index is 2.12. The van der Waals surface area contributed by atoms with Crippen LogP contribution in [-0.2, 0) is 25.6 Å². The van der Waals surface area contributed by atoms with Gasteiger partial charge >= 0.3 is 5.97 Å². The van der Waals surface area contributed by atoms with Crippen LogP contribution in [0, 0.1) is 0 Å². The average molecular weight is 290 g/mol. The van der Waals surface area contributed by atoms with Crippen LogP contribution in [0.25, 0.3) is 0 Å². The molecule has 0 saturated heterocycles. The maximum Gasteiger partial charge on any atom is 0.340 e. The molecule has 1 aromatic rings. The van der Waals surface area contributed by atoms with E-state index in [2.05, 4.69) is 0 Å². The first kappa shape index (κ1) is 15.1. The number of hydrogen-bond acceptors (Lipinski definition) is 4. The molecule has 1 aliphatic rings. The third-order valence-electron chi connectivity index (χ3n) is 3.38. The molecule has 1 aliphatic carbocycles. The number of methoxy groups -OCH3 is 2. The Labute approximate surface area is 123 Å². The second-order valence-electron chi connectivity index (χ2n) is 4.66. The van der Waals surface area contributed by atoms with Gasteiger partial charge in [0.05, 0.1) is 7.11 Å². The topological polar surface area (TPSA) is 65.0 Å². The molecule has 1 aromatic carbocycles. The molecule has 0 spiro atoms. The van der Waals surface area contributed by atoms with Crippen molar-refractivity contribution in [1.29, 1.82) is 0 Å². The van der Waals surface area contributed by atoms with E-state index in [1.807, 2.05) is 30.3 Å². The third-order valence-corrected chi connectivity index (χ3v) is 3.38. The van der Waals surface area contributed by atoms with E-state index in [9.17, 15) is 9.90 Å². The Morgan fingerprint density at radius 3 is 2.52 bits per heavy atom. The van der Waals surface area contributed by atoms with Crippen molar-refractivity contribution >= 4 is 5.97 Å². The molecule has 0 amide bonds. The van der Waals surface area contributed by atoms with Crippen molar-refractivity contribution in [2.24, 2.45) is 0 Å². The first-order valence-corrected chi connectivity index (χ1v) is 6.54. The van der Waals surface area contributed by atoms with Crippen LogP contribution in [0.4, 0.5) is 0 Å². The molecule has 1 unspecified atom stereocenters. The van der Waals surface area contributed by atoms with E-state index in [0.717, 1.165) is 5.56 Å². The van der Waals surface area contributed by atoms with Crippen LogP contribution in [-0.4, -0.2) is 30.9 Å². The van der Waals surface area contributed by atoms with E-state index in [1.165, 1.54) is 20.3 Å². The summed E-state index contributed by atoms with van der Waals surface area (Å²) >= 11 is 0. The number of carbonyl (C=O) groups is 1. The molecule has 0 bridgehead atoms. The summed E-state index contributed by atoms with van der Waals surface area (Å²) in [7, 11) is 2.83. The maximum atomic E-state index is 11.4. The smallest absolute Gasteiger partial charge is 0.340 e. The normalized spacial score (nSPS) is 21.2. The molecule has 5 heteroatoms. The van der Waals surface area contributed by atoms with Gasteiger partial charge in [-0.15, -0.1) is 0 Å². The first-order valence-electron chi connectivity index (χ1n) is 6.54. The van der Waals surface area contributed by atoms with Crippen LogP contribution >= 0.6 is 0 Å². The third kappa shape index (κ3) is 3.25. The first-order chi connectivity index (χ1) is 10.1. The molecule has 0 aliphatic heterocycles. The zero-order valence-electron chi connectivity index (χ0n) is 12.0. The predicted molar refractivity (Wildman–Crippen MR) is 76.4 cm³/mol. The van der Waals surface area contributed by atoms with E-state index in [-0.39, 0.29) is 6.42 Å². The average Bonchev–Trinajstić information content (AvgIpc) is 2.53. The van der Waals surface area contributed by atoms with Crippen LogP contribution in [0.5, 0.6) is 0 Å². The lowest BCUT2D eigenvalue weighted by molar-refractivity contribution is -0.156. The minimum Gasteiger partial charge on any atom is -0.493 e. The van der Waals surface area contributed by atoms with Crippen molar-refractivity contribution < 1.29 is 24.1 Å². The number of ether oxygens (including phenoxy) is 3. The van der Waals surface area contributed by atoms with Gasteiger partial charge in [0.15, 0.2) is 17.1 Å². The molecular weight excluding hydrogens is 272 g/mol. The minimum absolute atomic E-state index is 0.190. The lowest BCUT2D eigenvalue weighted by atomic mass is 9.93. The van der Waals surface area contributed by atoms with Gasteiger partial charge in [0.2, 0.25) is 0 Å². The van der Waals surface area contributed by atoms with Crippen molar-refractivity contribution in [1.82, 2.24) is 0 Å². The van der Waals surface area contributed by atoms with Crippen molar-refractivity contribution in [3.63, 3.8) is 0 Å². The summed E-state index contributed by atoms with van der Waals surface area (Å²) in [4.78, 5) is 11.4. The highest BCUT2D eigenvalue weighted by Crippen LogP contribution is 2.30. The van der Waals surface area contributed by atoms with Gasteiger partial charge in [-0.05, 0) is 11.6 Å². The molecule has 2 rings (SSSR count). The molecule has 0 fully saturated rings. The Hall–Kier alpha value is -2.27. The summed E-state index contributed by atoms with van der Waals surface area (Å²) < 4.78 is 16.1. The van der Waals surface area contributed by atoms with Crippen molar-refractivity contribution in [2.75, 3.05) is 14.2 Å². The number of aliphatic carboxylic acids is 1. The van der Waals surface area contributed by atoms with Gasteiger partial charge in [0.25, 0.3) is 0 Å². The molecule has 0 aromatic heterocycles. The zero-order chi connectivity index (χ0) is 15.3. The van der Waals surface area contributed by atoms with Crippen molar-refractivity contribution in [3.05, 3.63) is 59.6 Å². The van der Waals surface area contributed by atoms with E-state index in [0.29, 0.717) is 18.1 Å². The van der Waals surface area contributed by atoms with Crippen LogP contribution < -0.4 is 0 Å². The van der Waals surface area contributed by atoms with Gasteiger partial charge in [0.1, 0.15) is 6.61 Å². The highest BCUT2D eigenvalue weighted by Gasteiger charge is 2.39. The minimum atomic E-state index is -1.40. The summed E-state index contributed by atoms with van der Waals surface area (Å²) in [6.45, 7) is 0.389. The predicted octanol–water partition coefficient (Wildman–Crippen LogP) is 2.49. The number of benzene rings is 1.